The first-order valence-electron chi connectivity index (χ1n) is 6.91. The third-order valence-electron chi connectivity index (χ3n) is 2.99. The Bertz CT molecular complexity index is 386. The Kier molecular flexibility index (Phi) is 20.9. The van der Waals surface area contributed by atoms with Crippen molar-refractivity contribution in [3.05, 3.63) is 0 Å². The van der Waals surface area contributed by atoms with E-state index in [1.807, 2.05) is 0 Å². The molecule has 0 amide bonds. The smallest absolute Gasteiger partial charge is 0.547 e. The molecule has 12 N–H and O–H groups in total. The van der Waals surface area contributed by atoms with Crippen molar-refractivity contribution in [1.82, 2.24) is 0 Å². The van der Waals surface area contributed by atoms with Gasteiger partial charge >= 0.3 is 17.1 Å². The van der Waals surface area contributed by atoms with Crippen molar-refractivity contribution < 1.29 is 93.4 Å². The first-order chi connectivity index (χ1) is 11.8. The first kappa shape index (κ1) is 34.5. The second-order valence-electron chi connectivity index (χ2n) is 4.99. The van der Waals surface area contributed by atoms with Crippen molar-refractivity contribution in [2.24, 2.45) is 0 Å². The van der Waals surface area contributed by atoms with Crippen LogP contribution in [0.25, 0.3) is 0 Å². The molecule has 0 saturated carbocycles. The van der Waals surface area contributed by atoms with Gasteiger partial charge in [0, 0.05) is 0 Å². The minimum atomic E-state index is -2.31. The van der Waals surface area contributed by atoms with E-state index in [9.17, 15) is 19.8 Å². The van der Waals surface area contributed by atoms with Crippen molar-refractivity contribution >= 4 is 11.9 Å². The van der Waals surface area contributed by atoms with E-state index in [0.29, 0.717) is 0 Å². The normalized spacial score (nSPS) is 18.9. The zero-order chi connectivity index (χ0) is 21.2. The summed E-state index contributed by atoms with van der Waals surface area (Å²) in [5.41, 5.74) is 0. The Hall–Kier alpha value is -0.981. The minimum Gasteiger partial charge on any atom is -0.547 e. The van der Waals surface area contributed by atoms with Gasteiger partial charge in [-0.1, -0.05) is 0 Å². The van der Waals surface area contributed by atoms with Crippen LogP contribution in [-0.4, -0.2) is 131 Å². The second kappa shape index (κ2) is 16.9. The second-order valence-corrected chi connectivity index (χ2v) is 4.99. The molecule has 169 valence electrons. The van der Waals surface area contributed by atoms with E-state index in [2.05, 4.69) is 0 Å². The van der Waals surface area contributed by atoms with E-state index in [4.69, 9.17) is 51.1 Å². The summed E-state index contributed by atoms with van der Waals surface area (Å²) in [5, 5.41) is 107. The Labute approximate surface area is 168 Å². The molecule has 0 saturated heterocycles. The maximum Gasteiger partial charge on any atom is 2.00 e. The quantitative estimate of drug-likeness (QED) is 0.134. The van der Waals surface area contributed by atoms with Crippen LogP contribution in [0.2, 0.25) is 0 Å². The molecule has 0 aliphatic heterocycles. The van der Waals surface area contributed by atoms with Gasteiger partial charge in [-0.3, -0.25) is 0 Å². The number of carbonyl (C=O) groups excluding carboxylic acids is 2. The van der Waals surface area contributed by atoms with Gasteiger partial charge < -0.3 is 76.3 Å². The molecule has 15 nitrogen and oxygen atoms in total. The molecule has 0 rings (SSSR count). The standard InChI is InChI=1S/2C6H12O7.Mn.H2O/c2*7-1-2(8)3(9)4(10)5(11)6(12)13;;/h2*2-5,7-11H,1H2,(H,12,13);;1H2/q;;+2;/p-2/t2*2-,3-,4+,5-;;/m11../s1. The zero-order valence-corrected chi connectivity index (χ0v) is 15.2. The number of hydrogen-bond acceptors (Lipinski definition) is 14. The monoisotopic (exact) mass is 463 g/mol. The maximum absolute atomic E-state index is 9.98. The molecule has 0 aliphatic rings. The molecule has 0 fully saturated rings. The van der Waals surface area contributed by atoms with Crippen molar-refractivity contribution in [1.29, 1.82) is 0 Å². The van der Waals surface area contributed by atoms with Crippen LogP contribution in [0.1, 0.15) is 0 Å². The molecule has 1 radical (unpaired) electrons. The van der Waals surface area contributed by atoms with Crippen molar-refractivity contribution in [3.63, 3.8) is 0 Å². The van der Waals surface area contributed by atoms with Crippen molar-refractivity contribution in [2.75, 3.05) is 13.2 Å². The number of hydrogen-bond donors (Lipinski definition) is 10. The topological polar surface area (TPSA) is 314 Å². The molecular weight excluding hydrogens is 439 g/mol. The van der Waals surface area contributed by atoms with E-state index in [1.54, 1.807) is 0 Å². The summed E-state index contributed by atoms with van der Waals surface area (Å²) < 4.78 is 0. The van der Waals surface area contributed by atoms with Crippen molar-refractivity contribution in [3.8, 4) is 0 Å². The Morgan fingerprint density at radius 3 is 0.964 bits per heavy atom. The molecule has 0 bridgehead atoms. The van der Waals surface area contributed by atoms with Crippen molar-refractivity contribution in [2.45, 2.75) is 48.8 Å². The van der Waals surface area contributed by atoms with Gasteiger partial charge in [-0.05, 0) is 0 Å². The van der Waals surface area contributed by atoms with Gasteiger partial charge in [0.15, 0.2) is 0 Å². The van der Waals surface area contributed by atoms with Gasteiger partial charge in [0.2, 0.25) is 0 Å². The fourth-order valence-electron chi connectivity index (χ4n) is 1.32. The largest absolute Gasteiger partial charge is 2.00 e. The molecule has 0 unspecified atom stereocenters. The summed E-state index contributed by atoms with van der Waals surface area (Å²) in [5.74, 6) is -3.95. The van der Waals surface area contributed by atoms with Gasteiger partial charge in [-0.2, -0.15) is 0 Å². The van der Waals surface area contributed by atoms with Gasteiger partial charge in [0.25, 0.3) is 0 Å². The Morgan fingerprint density at radius 1 is 0.607 bits per heavy atom. The van der Waals surface area contributed by atoms with Gasteiger partial charge in [0.1, 0.15) is 48.8 Å². The third kappa shape index (κ3) is 11.8. The number of aliphatic carboxylic acids is 2. The maximum atomic E-state index is 9.98. The van der Waals surface area contributed by atoms with Crippen LogP contribution in [0.15, 0.2) is 0 Å². The molecule has 0 aliphatic carbocycles. The number of aliphatic hydroxyl groups is 10. The van der Waals surface area contributed by atoms with E-state index in [0.717, 1.165) is 0 Å². The summed E-state index contributed by atoms with van der Waals surface area (Å²) in [7, 11) is 0. The first-order valence-corrected chi connectivity index (χ1v) is 6.91. The van der Waals surface area contributed by atoms with Crippen LogP contribution in [0.5, 0.6) is 0 Å². The van der Waals surface area contributed by atoms with Crippen LogP contribution < -0.4 is 10.2 Å². The van der Waals surface area contributed by atoms with E-state index in [1.165, 1.54) is 0 Å². The molecular formula is C12H24MnO15. The summed E-state index contributed by atoms with van der Waals surface area (Å²) in [6.45, 7) is -1.73. The fraction of sp³-hybridized carbons (Fsp3) is 0.833. The predicted octanol–water partition coefficient (Wildman–Crippen LogP) is -10.5. The molecule has 0 aromatic carbocycles. The molecule has 0 aromatic heterocycles. The average molecular weight is 463 g/mol. The van der Waals surface area contributed by atoms with E-state index < -0.39 is 74.0 Å². The Balaban J connectivity index is -0.000000192. The molecule has 8 atom stereocenters. The summed E-state index contributed by atoms with van der Waals surface area (Å²) in [6.07, 6.45) is -16.2. The Morgan fingerprint density at radius 2 is 0.821 bits per heavy atom. The molecule has 28 heavy (non-hydrogen) atoms. The number of carbonyl (C=O) groups is 2. The number of aliphatic hydroxyl groups excluding tert-OH is 10. The van der Waals surface area contributed by atoms with Gasteiger partial charge in [-0.15, -0.1) is 0 Å². The molecule has 0 spiro atoms. The minimum absolute atomic E-state index is 0. The average Bonchev–Trinajstić information content (AvgIpc) is 2.62. The summed E-state index contributed by atoms with van der Waals surface area (Å²) in [4.78, 5) is 20.0. The summed E-state index contributed by atoms with van der Waals surface area (Å²) in [6, 6.07) is 0. The van der Waals surface area contributed by atoms with Crippen LogP contribution in [-0.2, 0) is 26.7 Å². The van der Waals surface area contributed by atoms with Crippen LogP contribution in [0, 0.1) is 0 Å². The fourth-order valence-corrected chi connectivity index (χ4v) is 1.32. The molecule has 16 heteroatoms. The summed E-state index contributed by atoms with van der Waals surface area (Å²) >= 11 is 0. The number of carboxylic acids is 2. The number of rotatable bonds is 10. The van der Waals surface area contributed by atoms with Gasteiger partial charge in [-0.25, -0.2) is 0 Å². The molecule has 0 aromatic rings. The SMILES string of the molecule is O.O=C([O-])[C@H](O)[C@@H](O)[C@H](O)[C@H](O)CO.O=C([O-])[C@H](O)[C@@H](O)[C@H](O)[C@H](O)CO.[Mn+2]. The molecule has 0 heterocycles. The van der Waals surface area contributed by atoms with E-state index >= 15 is 0 Å². The number of carboxylic acid groups (broad SMARTS) is 2. The zero-order valence-electron chi connectivity index (χ0n) is 14.0. The van der Waals surface area contributed by atoms with Gasteiger partial charge in [0.05, 0.1) is 25.2 Å². The van der Waals surface area contributed by atoms with Crippen LogP contribution in [0.4, 0.5) is 0 Å². The third-order valence-corrected chi connectivity index (χ3v) is 2.99. The predicted molar refractivity (Wildman–Crippen MR) is 75.9 cm³/mol. The van der Waals surface area contributed by atoms with Crippen LogP contribution >= 0.6 is 0 Å². The van der Waals surface area contributed by atoms with Crippen LogP contribution in [0.3, 0.4) is 0 Å². The van der Waals surface area contributed by atoms with E-state index in [-0.39, 0.29) is 22.5 Å².